The maximum absolute atomic E-state index is 12.9. The van der Waals surface area contributed by atoms with Gasteiger partial charge in [-0.25, -0.2) is 8.78 Å². The van der Waals surface area contributed by atoms with Crippen LogP contribution in [-0.4, -0.2) is 18.1 Å². The summed E-state index contributed by atoms with van der Waals surface area (Å²) in [6.45, 7) is 0. The van der Waals surface area contributed by atoms with Crippen molar-refractivity contribution in [2.75, 3.05) is 0 Å². The molecule has 1 atom stereocenters. The van der Waals surface area contributed by atoms with E-state index in [0.717, 1.165) is 12.1 Å². The fourth-order valence-electron chi connectivity index (χ4n) is 0.862. The van der Waals surface area contributed by atoms with Crippen molar-refractivity contribution in [3.63, 3.8) is 0 Å². The van der Waals surface area contributed by atoms with Crippen molar-refractivity contribution in [3.05, 3.63) is 35.4 Å². The minimum Gasteiger partial charge on any atom is -0.371 e. The maximum Gasteiger partial charge on any atom is 0.296 e. The Hall–Kier alpha value is -1.05. The first kappa shape index (κ1) is 11.0. The highest BCUT2D eigenvalue weighted by Gasteiger charge is 2.25. The molecule has 0 saturated heterocycles. The number of halogens is 2. The van der Waals surface area contributed by atoms with Crippen LogP contribution in [0.15, 0.2) is 18.2 Å². The lowest BCUT2D eigenvalue weighted by molar-refractivity contribution is 0.233. The number of rotatable bonds is 2. The number of hydrogen-bond acceptors (Lipinski definition) is 3. The minimum absolute atomic E-state index is 0.406. The quantitative estimate of drug-likeness (QED) is 0.730. The Bertz CT molecular complexity index is 443. The number of aliphatic hydroxyl groups is 1. The van der Waals surface area contributed by atoms with Gasteiger partial charge in [0, 0.05) is 11.6 Å². The van der Waals surface area contributed by atoms with E-state index in [4.69, 9.17) is 9.66 Å². The van der Waals surface area contributed by atoms with E-state index in [1.165, 1.54) is 0 Å². The number of aliphatic hydroxyl groups excluding tert-OH is 1. The zero-order valence-electron chi connectivity index (χ0n) is 6.68. The Kier molecular flexibility index (Phi) is 2.84. The molecule has 0 radical (unpaired) electrons. The third-order valence-corrected chi connectivity index (χ3v) is 2.33. The summed E-state index contributed by atoms with van der Waals surface area (Å²) in [6.07, 6.45) is 0. The predicted octanol–water partition coefficient (Wildman–Crippen LogP) is 0.844. The van der Waals surface area contributed by atoms with Crippen molar-refractivity contribution < 1.29 is 26.9 Å². The SMILES string of the molecule is O=S(=O)(O)C(O)c1ccc(F)cc1F. The number of hydrogen-bond donors (Lipinski definition) is 2. The molecule has 0 aliphatic heterocycles. The van der Waals surface area contributed by atoms with Gasteiger partial charge in [-0.3, -0.25) is 4.55 Å². The van der Waals surface area contributed by atoms with Crippen LogP contribution < -0.4 is 0 Å². The normalized spacial score (nSPS) is 14.0. The highest BCUT2D eigenvalue weighted by atomic mass is 32.2. The van der Waals surface area contributed by atoms with Gasteiger partial charge in [-0.2, -0.15) is 8.42 Å². The molecule has 1 aromatic rings. The zero-order valence-corrected chi connectivity index (χ0v) is 7.50. The molecule has 0 amide bonds. The van der Waals surface area contributed by atoms with Crippen LogP contribution in [0.4, 0.5) is 8.78 Å². The fourth-order valence-corrected chi connectivity index (χ4v) is 1.37. The summed E-state index contributed by atoms with van der Waals surface area (Å²) in [5.74, 6) is -2.15. The van der Waals surface area contributed by atoms with Gasteiger partial charge in [0.15, 0.2) is 0 Å². The zero-order chi connectivity index (χ0) is 10.9. The molecule has 0 aliphatic carbocycles. The Balaban J connectivity index is 3.21. The summed E-state index contributed by atoms with van der Waals surface area (Å²) in [7, 11) is -4.80. The first-order chi connectivity index (χ1) is 6.32. The van der Waals surface area contributed by atoms with E-state index < -0.39 is 32.8 Å². The third-order valence-electron chi connectivity index (χ3n) is 1.51. The second kappa shape index (κ2) is 3.60. The van der Waals surface area contributed by atoms with Gasteiger partial charge >= 0.3 is 0 Å². The molecular formula is C7H6F2O4S. The van der Waals surface area contributed by atoms with Gasteiger partial charge in [-0.15, -0.1) is 0 Å². The van der Waals surface area contributed by atoms with Crippen molar-refractivity contribution in [3.8, 4) is 0 Å². The van der Waals surface area contributed by atoms with Gasteiger partial charge in [-0.1, -0.05) is 0 Å². The van der Waals surface area contributed by atoms with Gasteiger partial charge in [-0.05, 0) is 12.1 Å². The summed E-state index contributed by atoms with van der Waals surface area (Å²) in [6, 6.07) is 1.92. The Morgan fingerprint density at radius 3 is 2.29 bits per heavy atom. The van der Waals surface area contributed by atoms with Crippen LogP contribution in [0, 0.1) is 11.6 Å². The Morgan fingerprint density at radius 1 is 1.29 bits per heavy atom. The summed E-state index contributed by atoms with van der Waals surface area (Å²) in [4.78, 5) is 0. The molecule has 0 spiro atoms. The standard InChI is InChI=1S/C7H6F2O4S/c8-4-1-2-5(6(9)3-4)7(10)14(11,12)13/h1-3,7,10H,(H,11,12,13). The van der Waals surface area contributed by atoms with Crippen LogP contribution >= 0.6 is 0 Å². The first-order valence-electron chi connectivity index (χ1n) is 3.41. The summed E-state index contributed by atoms with van der Waals surface area (Å²) >= 11 is 0. The summed E-state index contributed by atoms with van der Waals surface area (Å²) < 4.78 is 54.5. The molecule has 4 nitrogen and oxygen atoms in total. The molecule has 7 heteroatoms. The lowest BCUT2D eigenvalue weighted by Crippen LogP contribution is -2.12. The second-order valence-electron chi connectivity index (χ2n) is 2.53. The molecule has 1 aromatic carbocycles. The van der Waals surface area contributed by atoms with Crippen molar-refractivity contribution in [2.45, 2.75) is 5.44 Å². The Labute approximate surface area is 78.6 Å². The van der Waals surface area contributed by atoms with Gasteiger partial charge in [0.25, 0.3) is 10.1 Å². The summed E-state index contributed by atoms with van der Waals surface area (Å²) in [5, 5.41) is 8.93. The van der Waals surface area contributed by atoms with Crippen LogP contribution in [-0.2, 0) is 10.1 Å². The predicted molar refractivity (Wildman–Crippen MR) is 42.9 cm³/mol. The molecular weight excluding hydrogens is 218 g/mol. The van der Waals surface area contributed by atoms with Crippen molar-refractivity contribution in [1.29, 1.82) is 0 Å². The van der Waals surface area contributed by atoms with Crippen LogP contribution in [0.2, 0.25) is 0 Å². The van der Waals surface area contributed by atoms with Gasteiger partial charge in [0.1, 0.15) is 11.6 Å². The topological polar surface area (TPSA) is 74.6 Å². The van der Waals surface area contributed by atoms with E-state index >= 15 is 0 Å². The average molecular weight is 224 g/mol. The third kappa shape index (κ3) is 2.25. The molecule has 0 aromatic heterocycles. The van der Waals surface area contributed by atoms with Crippen molar-refractivity contribution >= 4 is 10.1 Å². The van der Waals surface area contributed by atoms with E-state index in [1.54, 1.807) is 0 Å². The summed E-state index contributed by atoms with van der Waals surface area (Å²) in [5.41, 5.74) is -3.10. The van der Waals surface area contributed by atoms with E-state index in [0.29, 0.717) is 6.07 Å². The minimum atomic E-state index is -4.80. The lowest BCUT2D eigenvalue weighted by atomic mass is 10.2. The smallest absolute Gasteiger partial charge is 0.296 e. The maximum atomic E-state index is 12.9. The van der Waals surface area contributed by atoms with Gasteiger partial charge < -0.3 is 5.11 Å². The molecule has 0 bridgehead atoms. The van der Waals surface area contributed by atoms with E-state index in [2.05, 4.69) is 0 Å². The monoisotopic (exact) mass is 224 g/mol. The molecule has 14 heavy (non-hydrogen) atoms. The molecule has 1 unspecified atom stereocenters. The molecule has 0 saturated carbocycles. The molecule has 0 aliphatic rings. The van der Waals surface area contributed by atoms with Crippen LogP contribution in [0.5, 0.6) is 0 Å². The van der Waals surface area contributed by atoms with Gasteiger partial charge in [0.2, 0.25) is 5.44 Å². The second-order valence-corrected chi connectivity index (χ2v) is 4.01. The molecule has 78 valence electrons. The molecule has 0 heterocycles. The van der Waals surface area contributed by atoms with Crippen molar-refractivity contribution in [1.82, 2.24) is 0 Å². The van der Waals surface area contributed by atoms with Gasteiger partial charge in [0.05, 0.1) is 0 Å². The largest absolute Gasteiger partial charge is 0.371 e. The van der Waals surface area contributed by atoms with Crippen LogP contribution in [0.25, 0.3) is 0 Å². The highest BCUT2D eigenvalue weighted by Crippen LogP contribution is 2.21. The highest BCUT2D eigenvalue weighted by molar-refractivity contribution is 7.85. The first-order valence-corrected chi connectivity index (χ1v) is 4.92. The van der Waals surface area contributed by atoms with E-state index in [9.17, 15) is 17.2 Å². The lowest BCUT2D eigenvalue weighted by Gasteiger charge is -2.07. The van der Waals surface area contributed by atoms with E-state index in [-0.39, 0.29) is 0 Å². The van der Waals surface area contributed by atoms with Crippen LogP contribution in [0.1, 0.15) is 11.0 Å². The molecule has 1 rings (SSSR count). The van der Waals surface area contributed by atoms with E-state index in [1.807, 2.05) is 0 Å². The average Bonchev–Trinajstić information content (AvgIpc) is 2.01. The van der Waals surface area contributed by atoms with Crippen molar-refractivity contribution in [2.24, 2.45) is 0 Å². The molecule has 2 N–H and O–H groups in total. The Morgan fingerprint density at radius 2 is 1.86 bits per heavy atom. The molecule has 0 fully saturated rings. The number of benzene rings is 1. The fraction of sp³-hybridized carbons (Fsp3) is 0.143. The van der Waals surface area contributed by atoms with Crippen LogP contribution in [0.3, 0.4) is 0 Å².